The topological polar surface area (TPSA) is 41.5 Å². The maximum Gasteiger partial charge on any atom is 0.123 e. The van der Waals surface area contributed by atoms with E-state index >= 15 is 0 Å². The van der Waals surface area contributed by atoms with Gasteiger partial charge in [0.2, 0.25) is 0 Å². The summed E-state index contributed by atoms with van der Waals surface area (Å²) >= 11 is 3.50. The van der Waals surface area contributed by atoms with Crippen molar-refractivity contribution in [2.75, 3.05) is 19.8 Å². The first-order valence-corrected chi connectivity index (χ1v) is 7.80. The fourth-order valence-corrected chi connectivity index (χ4v) is 2.21. The monoisotopic (exact) mass is 329 g/mol. The molecule has 0 aliphatic heterocycles. The third-order valence-corrected chi connectivity index (χ3v) is 3.30. The van der Waals surface area contributed by atoms with E-state index in [-0.39, 0.29) is 0 Å². The number of unbranched alkanes of at least 4 members (excludes halogenated alkanes) is 2. The maximum atomic E-state index is 8.71. The van der Waals surface area contributed by atoms with Crippen LogP contribution in [0, 0.1) is 0 Å². The van der Waals surface area contributed by atoms with Gasteiger partial charge in [0.15, 0.2) is 0 Å². The zero-order valence-corrected chi connectivity index (χ0v) is 13.2. The second kappa shape index (κ2) is 10.2. The average Bonchev–Trinajstić information content (AvgIpc) is 2.42. The summed E-state index contributed by atoms with van der Waals surface area (Å²) in [7, 11) is 0. The fraction of sp³-hybridized carbons (Fsp3) is 0.600. The third kappa shape index (κ3) is 6.95. The smallest absolute Gasteiger partial charge is 0.123 e. The first-order chi connectivity index (χ1) is 9.27. The van der Waals surface area contributed by atoms with Gasteiger partial charge in [-0.15, -0.1) is 0 Å². The van der Waals surface area contributed by atoms with Gasteiger partial charge in [-0.05, 0) is 50.4 Å². The van der Waals surface area contributed by atoms with Crippen molar-refractivity contribution in [3.63, 3.8) is 0 Å². The third-order valence-electron chi connectivity index (χ3n) is 2.81. The number of aliphatic hydroxyl groups is 1. The highest BCUT2D eigenvalue weighted by atomic mass is 79.9. The summed E-state index contributed by atoms with van der Waals surface area (Å²) in [6.07, 6.45) is 4.08. The van der Waals surface area contributed by atoms with E-state index in [0.717, 1.165) is 55.6 Å². The zero-order valence-electron chi connectivity index (χ0n) is 11.6. The van der Waals surface area contributed by atoms with Crippen LogP contribution in [0.4, 0.5) is 0 Å². The van der Waals surface area contributed by atoms with Gasteiger partial charge in [0.1, 0.15) is 5.75 Å². The minimum absolute atomic E-state index is 0.292. The molecule has 3 nitrogen and oxygen atoms in total. The number of hydrogen-bond donors (Lipinski definition) is 2. The highest BCUT2D eigenvalue weighted by Gasteiger charge is 2.04. The van der Waals surface area contributed by atoms with Gasteiger partial charge in [-0.25, -0.2) is 0 Å². The van der Waals surface area contributed by atoms with Gasteiger partial charge in [-0.1, -0.05) is 22.9 Å². The first-order valence-electron chi connectivity index (χ1n) is 7.00. The van der Waals surface area contributed by atoms with Crippen molar-refractivity contribution in [2.24, 2.45) is 0 Å². The Hall–Kier alpha value is -0.580. The normalized spacial score (nSPS) is 10.7. The van der Waals surface area contributed by atoms with Crippen LogP contribution in [0.25, 0.3) is 0 Å². The molecule has 1 aromatic carbocycles. The Morgan fingerprint density at radius 2 is 2.11 bits per heavy atom. The first kappa shape index (κ1) is 16.5. The molecule has 0 fully saturated rings. The van der Waals surface area contributed by atoms with E-state index in [1.807, 2.05) is 12.1 Å². The van der Waals surface area contributed by atoms with Crippen molar-refractivity contribution >= 4 is 15.9 Å². The van der Waals surface area contributed by atoms with Gasteiger partial charge in [-0.2, -0.15) is 0 Å². The molecule has 0 spiro atoms. The molecule has 1 aromatic rings. The minimum Gasteiger partial charge on any atom is -0.493 e. The predicted molar refractivity (Wildman–Crippen MR) is 82.6 cm³/mol. The number of nitrogens with one attached hydrogen (secondary N) is 1. The SMILES string of the molecule is CCCOc1ccc(Br)cc1CNCCCCCO. The molecule has 0 bridgehead atoms. The van der Waals surface area contributed by atoms with Crippen LogP contribution in [0.3, 0.4) is 0 Å². The number of halogens is 1. The van der Waals surface area contributed by atoms with E-state index in [9.17, 15) is 0 Å². The van der Waals surface area contributed by atoms with Crippen LogP contribution in [0.1, 0.15) is 38.2 Å². The lowest BCUT2D eigenvalue weighted by Crippen LogP contribution is -2.15. The summed E-state index contributed by atoms with van der Waals surface area (Å²) < 4.78 is 6.82. The van der Waals surface area contributed by atoms with Crippen LogP contribution >= 0.6 is 15.9 Å². The molecular weight excluding hydrogens is 306 g/mol. The number of rotatable bonds is 10. The molecule has 0 aromatic heterocycles. The summed E-state index contributed by atoms with van der Waals surface area (Å²) in [4.78, 5) is 0. The van der Waals surface area contributed by atoms with E-state index in [0.29, 0.717) is 6.61 Å². The summed E-state index contributed by atoms with van der Waals surface area (Å²) in [6, 6.07) is 6.13. The molecule has 0 atom stereocenters. The molecule has 1 rings (SSSR count). The second-order valence-electron chi connectivity index (χ2n) is 4.56. The number of benzene rings is 1. The molecule has 0 amide bonds. The molecule has 4 heteroatoms. The quantitative estimate of drug-likeness (QED) is 0.645. The molecule has 0 unspecified atom stereocenters. The lowest BCUT2D eigenvalue weighted by molar-refractivity contribution is 0.282. The van der Waals surface area contributed by atoms with Crippen molar-refractivity contribution in [2.45, 2.75) is 39.2 Å². The molecule has 0 saturated heterocycles. The minimum atomic E-state index is 0.292. The van der Waals surface area contributed by atoms with Crippen molar-refractivity contribution in [1.82, 2.24) is 5.32 Å². The van der Waals surface area contributed by atoms with Crippen LogP contribution in [0.5, 0.6) is 5.75 Å². The molecule has 0 heterocycles. The Kier molecular flexibility index (Phi) is 8.88. The van der Waals surface area contributed by atoms with E-state index < -0.39 is 0 Å². The van der Waals surface area contributed by atoms with Crippen LogP contribution in [-0.4, -0.2) is 24.9 Å². The molecule has 0 radical (unpaired) electrons. The molecule has 108 valence electrons. The largest absolute Gasteiger partial charge is 0.493 e. The Balaban J connectivity index is 2.39. The van der Waals surface area contributed by atoms with E-state index in [1.165, 1.54) is 5.56 Å². The Morgan fingerprint density at radius 3 is 2.84 bits per heavy atom. The number of ether oxygens (including phenoxy) is 1. The second-order valence-corrected chi connectivity index (χ2v) is 5.48. The highest BCUT2D eigenvalue weighted by Crippen LogP contribution is 2.23. The molecular formula is C15H24BrNO2. The van der Waals surface area contributed by atoms with Gasteiger partial charge < -0.3 is 15.2 Å². The standard InChI is InChI=1S/C15H24BrNO2/c1-2-10-19-15-7-6-14(16)11-13(15)12-17-8-4-3-5-9-18/h6-7,11,17-18H,2-5,8-10,12H2,1H3. The molecule has 0 aliphatic carbocycles. The molecule has 0 saturated carbocycles. The maximum absolute atomic E-state index is 8.71. The van der Waals surface area contributed by atoms with Crippen molar-refractivity contribution in [1.29, 1.82) is 0 Å². The Bertz CT molecular complexity index is 358. The predicted octanol–water partition coefficient (Wildman–Crippen LogP) is 3.49. The van der Waals surface area contributed by atoms with Gasteiger partial charge in [0.25, 0.3) is 0 Å². The van der Waals surface area contributed by atoms with Crippen LogP contribution < -0.4 is 10.1 Å². The van der Waals surface area contributed by atoms with Gasteiger partial charge in [0.05, 0.1) is 6.61 Å². The average molecular weight is 330 g/mol. The van der Waals surface area contributed by atoms with Crippen molar-refractivity contribution in [3.05, 3.63) is 28.2 Å². The van der Waals surface area contributed by atoms with Crippen LogP contribution in [0.15, 0.2) is 22.7 Å². The summed E-state index contributed by atoms with van der Waals surface area (Å²) in [5.74, 6) is 0.966. The Labute approximate surface area is 124 Å². The number of hydrogen-bond acceptors (Lipinski definition) is 3. The molecule has 2 N–H and O–H groups in total. The number of aliphatic hydroxyl groups excluding tert-OH is 1. The van der Waals surface area contributed by atoms with E-state index in [1.54, 1.807) is 0 Å². The lowest BCUT2D eigenvalue weighted by atomic mass is 10.2. The van der Waals surface area contributed by atoms with Gasteiger partial charge in [0, 0.05) is 23.2 Å². The Morgan fingerprint density at radius 1 is 1.26 bits per heavy atom. The van der Waals surface area contributed by atoms with Crippen LogP contribution in [0.2, 0.25) is 0 Å². The van der Waals surface area contributed by atoms with Crippen molar-refractivity contribution < 1.29 is 9.84 Å². The summed E-state index contributed by atoms with van der Waals surface area (Å²) in [5, 5.41) is 12.1. The summed E-state index contributed by atoms with van der Waals surface area (Å²) in [5.41, 5.74) is 1.19. The van der Waals surface area contributed by atoms with Crippen LogP contribution in [-0.2, 0) is 6.54 Å². The lowest BCUT2D eigenvalue weighted by Gasteiger charge is -2.12. The zero-order chi connectivity index (χ0) is 13.9. The van der Waals surface area contributed by atoms with Gasteiger partial charge >= 0.3 is 0 Å². The van der Waals surface area contributed by atoms with Gasteiger partial charge in [-0.3, -0.25) is 0 Å². The van der Waals surface area contributed by atoms with E-state index in [4.69, 9.17) is 9.84 Å². The summed E-state index contributed by atoms with van der Waals surface area (Å²) in [6.45, 7) is 4.95. The molecule has 0 aliphatic rings. The fourth-order valence-electron chi connectivity index (χ4n) is 1.80. The van der Waals surface area contributed by atoms with E-state index in [2.05, 4.69) is 34.2 Å². The molecule has 19 heavy (non-hydrogen) atoms. The highest BCUT2D eigenvalue weighted by molar-refractivity contribution is 9.10. The van der Waals surface area contributed by atoms with Crippen molar-refractivity contribution in [3.8, 4) is 5.75 Å².